The van der Waals surface area contributed by atoms with Gasteiger partial charge >= 0.3 is 0 Å². The summed E-state index contributed by atoms with van der Waals surface area (Å²) in [6, 6.07) is 8.15. The van der Waals surface area contributed by atoms with Crippen molar-refractivity contribution in [3.05, 3.63) is 48.0 Å². The van der Waals surface area contributed by atoms with Crippen LogP contribution in [-0.4, -0.2) is 42.5 Å². The number of benzene rings is 1. The van der Waals surface area contributed by atoms with Gasteiger partial charge in [0, 0.05) is 19.1 Å². The van der Waals surface area contributed by atoms with E-state index >= 15 is 0 Å². The maximum absolute atomic E-state index is 13.3. The predicted octanol–water partition coefficient (Wildman–Crippen LogP) is 2.40. The normalized spacial score (nSPS) is 24.5. The van der Waals surface area contributed by atoms with Crippen molar-refractivity contribution < 1.29 is 14.3 Å². The van der Waals surface area contributed by atoms with Gasteiger partial charge in [-0.05, 0) is 56.2 Å². The molecule has 140 valence electrons. The van der Waals surface area contributed by atoms with Crippen molar-refractivity contribution in [1.82, 2.24) is 10.2 Å². The SMILES string of the molecule is C=CC(=O)NC(C)C1CCN(C(=O)C2(C)OCCc3ccccc32)CC1. The highest BCUT2D eigenvalue weighted by Crippen LogP contribution is 2.35. The first kappa shape index (κ1) is 18.6. The van der Waals surface area contributed by atoms with Gasteiger partial charge < -0.3 is 15.0 Å². The smallest absolute Gasteiger partial charge is 0.259 e. The van der Waals surface area contributed by atoms with Crippen LogP contribution in [0.1, 0.15) is 37.8 Å². The molecule has 1 N–H and O–H groups in total. The molecular formula is C21H28N2O3. The summed E-state index contributed by atoms with van der Waals surface area (Å²) in [6.45, 7) is 9.36. The molecule has 3 rings (SSSR count). The minimum Gasteiger partial charge on any atom is -0.360 e. The van der Waals surface area contributed by atoms with E-state index in [0.717, 1.165) is 24.8 Å². The molecule has 1 saturated heterocycles. The van der Waals surface area contributed by atoms with Gasteiger partial charge in [-0.25, -0.2) is 0 Å². The molecule has 2 amide bonds. The predicted molar refractivity (Wildman–Crippen MR) is 101 cm³/mol. The molecular weight excluding hydrogens is 328 g/mol. The van der Waals surface area contributed by atoms with Crippen LogP contribution < -0.4 is 5.32 Å². The van der Waals surface area contributed by atoms with Crippen LogP contribution in [-0.2, 0) is 26.3 Å². The Balaban J connectivity index is 1.66. The molecule has 2 heterocycles. The maximum atomic E-state index is 13.3. The fourth-order valence-electron chi connectivity index (χ4n) is 4.13. The zero-order valence-electron chi connectivity index (χ0n) is 15.7. The topological polar surface area (TPSA) is 58.6 Å². The second-order valence-electron chi connectivity index (χ2n) is 7.42. The number of rotatable bonds is 4. The average molecular weight is 356 g/mol. The monoisotopic (exact) mass is 356 g/mol. The zero-order chi connectivity index (χ0) is 18.7. The number of piperidine rings is 1. The number of ether oxygens (including phenoxy) is 1. The van der Waals surface area contributed by atoms with E-state index in [1.54, 1.807) is 0 Å². The van der Waals surface area contributed by atoms with Crippen molar-refractivity contribution in [1.29, 1.82) is 0 Å². The molecule has 0 radical (unpaired) electrons. The first-order valence-corrected chi connectivity index (χ1v) is 9.40. The summed E-state index contributed by atoms with van der Waals surface area (Å²) in [5.74, 6) is 0.275. The number of hydrogen-bond acceptors (Lipinski definition) is 3. The van der Waals surface area contributed by atoms with E-state index in [4.69, 9.17) is 4.74 Å². The maximum Gasteiger partial charge on any atom is 0.259 e. The summed E-state index contributed by atoms with van der Waals surface area (Å²) in [5.41, 5.74) is 1.29. The molecule has 2 atom stereocenters. The minimum absolute atomic E-state index is 0.0471. The van der Waals surface area contributed by atoms with Gasteiger partial charge in [0.25, 0.3) is 5.91 Å². The van der Waals surface area contributed by atoms with Crippen LogP contribution in [0.2, 0.25) is 0 Å². The van der Waals surface area contributed by atoms with Gasteiger partial charge in [-0.3, -0.25) is 9.59 Å². The van der Waals surface area contributed by atoms with E-state index in [1.165, 1.54) is 11.6 Å². The highest BCUT2D eigenvalue weighted by Gasteiger charge is 2.43. The molecule has 1 aromatic carbocycles. The molecule has 0 spiro atoms. The van der Waals surface area contributed by atoms with Crippen LogP contribution >= 0.6 is 0 Å². The fourth-order valence-corrected chi connectivity index (χ4v) is 4.13. The van der Waals surface area contributed by atoms with Gasteiger partial charge in [-0.2, -0.15) is 0 Å². The molecule has 5 heteroatoms. The number of carbonyl (C=O) groups excluding carboxylic acids is 2. The summed E-state index contributed by atoms with van der Waals surface area (Å²) < 4.78 is 5.99. The lowest BCUT2D eigenvalue weighted by molar-refractivity contribution is -0.161. The Labute approximate surface area is 155 Å². The molecule has 0 aliphatic carbocycles. The van der Waals surface area contributed by atoms with Crippen LogP contribution in [0.15, 0.2) is 36.9 Å². The summed E-state index contributed by atoms with van der Waals surface area (Å²) >= 11 is 0. The van der Waals surface area contributed by atoms with Crippen molar-refractivity contribution >= 4 is 11.8 Å². The summed E-state index contributed by atoms with van der Waals surface area (Å²) in [4.78, 5) is 26.7. The van der Waals surface area contributed by atoms with Crippen LogP contribution in [0.3, 0.4) is 0 Å². The van der Waals surface area contributed by atoms with Gasteiger partial charge in [-0.15, -0.1) is 0 Å². The lowest BCUT2D eigenvalue weighted by atomic mass is 9.85. The highest BCUT2D eigenvalue weighted by atomic mass is 16.5. The third-order valence-electron chi connectivity index (χ3n) is 5.79. The van der Waals surface area contributed by atoms with Crippen molar-refractivity contribution in [2.24, 2.45) is 5.92 Å². The molecule has 2 unspecified atom stereocenters. The van der Waals surface area contributed by atoms with Crippen LogP contribution in [0, 0.1) is 5.92 Å². The van der Waals surface area contributed by atoms with Crippen LogP contribution in [0.4, 0.5) is 0 Å². The van der Waals surface area contributed by atoms with Gasteiger partial charge in [0.15, 0.2) is 5.60 Å². The summed E-state index contributed by atoms with van der Waals surface area (Å²) in [7, 11) is 0. The molecule has 0 aromatic heterocycles. The van der Waals surface area contributed by atoms with Gasteiger partial charge in [-0.1, -0.05) is 30.8 Å². The zero-order valence-corrected chi connectivity index (χ0v) is 15.7. The Hall–Kier alpha value is -2.14. The van der Waals surface area contributed by atoms with E-state index < -0.39 is 5.60 Å². The van der Waals surface area contributed by atoms with Gasteiger partial charge in [0.2, 0.25) is 5.91 Å². The number of nitrogens with zero attached hydrogens (tertiary/aromatic N) is 1. The number of amides is 2. The Kier molecular flexibility index (Phi) is 5.47. The molecule has 2 aliphatic heterocycles. The summed E-state index contributed by atoms with van der Waals surface area (Å²) in [5, 5.41) is 2.94. The van der Waals surface area contributed by atoms with Crippen molar-refractivity contribution in [3.8, 4) is 0 Å². The molecule has 2 aliphatic rings. The first-order chi connectivity index (χ1) is 12.5. The number of carbonyl (C=O) groups is 2. The highest BCUT2D eigenvalue weighted by molar-refractivity contribution is 5.87. The quantitative estimate of drug-likeness (QED) is 0.843. The second kappa shape index (κ2) is 7.62. The lowest BCUT2D eigenvalue weighted by Gasteiger charge is -2.41. The van der Waals surface area contributed by atoms with E-state index in [2.05, 4.69) is 18.0 Å². The second-order valence-corrected chi connectivity index (χ2v) is 7.42. The number of hydrogen-bond donors (Lipinski definition) is 1. The standard InChI is InChI=1S/C21H28N2O3/c1-4-19(24)22-15(2)16-9-12-23(13-10-16)20(25)21(3)18-8-6-5-7-17(18)11-14-26-21/h4-8,15-16H,1,9-14H2,2-3H3,(H,22,24). The van der Waals surface area contributed by atoms with E-state index in [0.29, 0.717) is 25.6 Å². The Bertz CT molecular complexity index is 694. The van der Waals surface area contributed by atoms with Crippen LogP contribution in [0.5, 0.6) is 0 Å². The van der Waals surface area contributed by atoms with Crippen molar-refractivity contribution in [3.63, 3.8) is 0 Å². The van der Waals surface area contributed by atoms with E-state index in [-0.39, 0.29) is 17.9 Å². The number of likely N-dealkylation sites (tertiary alicyclic amines) is 1. The van der Waals surface area contributed by atoms with E-state index in [9.17, 15) is 9.59 Å². The Morgan fingerprint density at radius 3 is 2.73 bits per heavy atom. The van der Waals surface area contributed by atoms with Crippen molar-refractivity contribution in [2.45, 2.75) is 44.8 Å². The molecule has 1 fully saturated rings. The van der Waals surface area contributed by atoms with Gasteiger partial charge in [0.1, 0.15) is 0 Å². The van der Waals surface area contributed by atoms with Gasteiger partial charge in [0.05, 0.1) is 6.61 Å². The summed E-state index contributed by atoms with van der Waals surface area (Å²) in [6.07, 6.45) is 3.90. The molecule has 0 saturated carbocycles. The Morgan fingerprint density at radius 1 is 1.35 bits per heavy atom. The van der Waals surface area contributed by atoms with Crippen LogP contribution in [0.25, 0.3) is 0 Å². The Morgan fingerprint density at radius 2 is 2.04 bits per heavy atom. The third-order valence-corrected chi connectivity index (χ3v) is 5.79. The molecule has 0 bridgehead atoms. The molecule has 26 heavy (non-hydrogen) atoms. The largest absolute Gasteiger partial charge is 0.360 e. The molecule has 1 aromatic rings. The average Bonchev–Trinajstić information content (AvgIpc) is 2.67. The fraction of sp³-hybridized carbons (Fsp3) is 0.524. The number of nitrogens with one attached hydrogen (secondary N) is 1. The van der Waals surface area contributed by atoms with Crippen molar-refractivity contribution in [2.75, 3.05) is 19.7 Å². The third kappa shape index (κ3) is 3.54. The molecule has 5 nitrogen and oxygen atoms in total. The lowest BCUT2D eigenvalue weighted by Crippen LogP contribution is -2.52. The number of fused-ring (bicyclic) bond motifs is 1. The minimum atomic E-state index is -0.898. The van der Waals surface area contributed by atoms with E-state index in [1.807, 2.05) is 36.9 Å². The first-order valence-electron chi connectivity index (χ1n) is 9.40.